The summed E-state index contributed by atoms with van der Waals surface area (Å²) in [7, 11) is 2.99. The molecule has 1 heterocycles. The second-order valence-electron chi connectivity index (χ2n) is 8.66. The van der Waals surface area contributed by atoms with Gasteiger partial charge in [0.25, 0.3) is 17.1 Å². The fourth-order valence-electron chi connectivity index (χ4n) is 3.76. The van der Waals surface area contributed by atoms with Crippen molar-refractivity contribution in [3.8, 4) is 17.2 Å². The van der Waals surface area contributed by atoms with Crippen LogP contribution in [-0.2, 0) is 14.4 Å². The van der Waals surface area contributed by atoms with Crippen LogP contribution in [0, 0.1) is 6.92 Å². The van der Waals surface area contributed by atoms with Gasteiger partial charge >= 0.3 is 0 Å². The summed E-state index contributed by atoms with van der Waals surface area (Å²) in [6, 6.07) is 19.0. The van der Waals surface area contributed by atoms with E-state index in [1.54, 1.807) is 48.5 Å². The van der Waals surface area contributed by atoms with Gasteiger partial charge in [0.15, 0.2) is 18.1 Å². The minimum Gasteiger partial charge on any atom is -0.497 e. The van der Waals surface area contributed by atoms with Crippen LogP contribution in [0.2, 0.25) is 0 Å². The van der Waals surface area contributed by atoms with Crippen LogP contribution in [0.5, 0.6) is 17.2 Å². The molecule has 206 valence electrons. The first-order valence-corrected chi connectivity index (χ1v) is 12.9. The molecular weight excluding hydrogens is 534 g/mol. The number of benzene rings is 3. The van der Waals surface area contributed by atoms with Gasteiger partial charge in [0.2, 0.25) is 5.91 Å². The van der Waals surface area contributed by atoms with E-state index in [4.69, 9.17) is 14.2 Å². The molecule has 10 nitrogen and oxygen atoms in total. The first-order chi connectivity index (χ1) is 19.2. The summed E-state index contributed by atoms with van der Waals surface area (Å²) < 4.78 is 16.1. The van der Waals surface area contributed by atoms with Crippen LogP contribution in [0.1, 0.15) is 11.1 Å². The van der Waals surface area contributed by atoms with E-state index in [9.17, 15) is 19.2 Å². The van der Waals surface area contributed by atoms with Gasteiger partial charge in [-0.2, -0.15) is 0 Å². The molecule has 0 atom stereocenters. The average molecular weight is 562 g/mol. The highest BCUT2D eigenvalue weighted by Crippen LogP contribution is 2.34. The number of carbonyl (C=O) groups is 4. The summed E-state index contributed by atoms with van der Waals surface area (Å²) in [5.74, 6) is -0.108. The molecule has 1 fully saturated rings. The number of anilines is 2. The second-order valence-corrected chi connectivity index (χ2v) is 9.65. The number of hydrogen-bond acceptors (Lipinski definition) is 8. The Morgan fingerprint density at radius 2 is 1.62 bits per heavy atom. The van der Waals surface area contributed by atoms with Gasteiger partial charge in [-0.3, -0.25) is 24.1 Å². The average Bonchev–Trinajstić information content (AvgIpc) is 3.19. The molecule has 0 saturated carbocycles. The monoisotopic (exact) mass is 561 g/mol. The van der Waals surface area contributed by atoms with E-state index >= 15 is 0 Å². The lowest BCUT2D eigenvalue weighted by Crippen LogP contribution is -2.36. The van der Waals surface area contributed by atoms with Gasteiger partial charge in [-0.05, 0) is 84.4 Å². The maximum atomic E-state index is 12.9. The molecule has 0 radical (unpaired) electrons. The van der Waals surface area contributed by atoms with E-state index in [1.807, 2.05) is 25.1 Å². The SMILES string of the molecule is COc1ccc(NC(=O)CN2C(=O)S/C(=C/c3ccc(OCC(=O)Nc4cccc(C)c4)c(OC)c3)C2=O)cc1. The van der Waals surface area contributed by atoms with Crippen molar-refractivity contribution in [1.82, 2.24) is 4.90 Å². The Bertz CT molecular complexity index is 1470. The van der Waals surface area contributed by atoms with Crippen molar-refractivity contribution < 1.29 is 33.4 Å². The lowest BCUT2D eigenvalue weighted by Gasteiger charge is -2.13. The highest BCUT2D eigenvalue weighted by atomic mass is 32.2. The second kappa shape index (κ2) is 12.9. The number of imide groups is 1. The smallest absolute Gasteiger partial charge is 0.294 e. The zero-order chi connectivity index (χ0) is 28.6. The standard InChI is InChI=1S/C29H27N3O7S/c1-18-5-4-6-21(13-18)31-27(34)17-39-23-12-7-19(14-24(23)38-3)15-25-28(35)32(29(36)40-25)16-26(33)30-20-8-10-22(37-2)11-9-20/h4-15H,16-17H2,1-3H3,(H,30,33)(H,31,34)/b25-15+. The molecule has 0 aromatic heterocycles. The van der Waals surface area contributed by atoms with Crippen molar-refractivity contribution in [2.45, 2.75) is 6.92 Å². The largest absolute Gasteiger partial charge is 0.497 e. The van der Waals surface area contributed by atoms with Crippen molar-refractivity contribution in [3.63, 3.8) is 0 Å². The van der Waals surface area contributed by atoms with Crippen molar-refractivity contribution in [3.05, 3.63) is 82.8 Å². The van der Waals surface area contributed by atoms with Crippen LogP contribution in [0.15, 0.2) is 71.6 Å². The van der Waals surface area contributed by atoms with Crippen LogP contribution >= 0.6 is 11.8 Å². The number of thioether (sulfide) groups is 1. The van der Waals surface area contributed by atoms with Gasteiger partial charge in [-0.1, -0.05) is 18.2 Å². The molecule has 4 rings (SSSR count). The predicted octanol–water partition coefficient (Wildman–Crippen LogP) is 4.70. The van der Waals surface area contributed by atoms with Crippen molar-refractivity contribution in [2.24, 2.45) is 0 Å². The lowest BCUT2D eigenvalue weighted by molar-refractivity contribution is -0.127. The van der Waals surface area contributed by atoms with Gasteiger partial charge < -0.3 is 24.8 Å². The molecule has 3 aromatic rings. The van der Waals surface area contributed by atoms with E-state index in [-0.39, 0.29) is 17.4 Å². The maximum Gasteiger partial charge on any atom is 0.294 e. The Labute approximate surface area is 235 Å². The normalized spacial score (nSPS) is 13.8. The molecule has 0 unspecified atom stereocenters. The highest BCUT2D eigenvalue weighted by Gasteiger charge is 2.36. The van der Waals surface area contributed by atoms with Crippen LogP contribution < -0.4 is 24.8 Å². The van der Waals surface area contributed by atoms with E-state index in [2.05, 4.69) is 10.6 Å². The number of methoxy groups -OCH3 is 2. The van der Waals surface area contributed by atoms with Crippen LogP contribution in [0.3, 0.4) is 0 Å². The van der Waals surface area contributed by atoms with Gasteiger partial charge in [-0.15, -0.1) is 0 Å². The first kappa shape index (κ1) is 28.2. The van der Waals surface area contributed by atoms with Gasteiger partial charge in [0.1, 0.15) is 12.3 Å². The molecule has 40 heavy (non-hydrogen) atoms. The molecule has 0 aliphatic carbocycles. The number of carbonyl (C=O) groups excluding carboxylic acids is 4. The molecule has 1 aliphatic heterocycles. The van der Waals surface area contributed by atoms with Crippen LogP contribution in [0.25, 0.3) is 6.08 Å². The number of rotatable bonds is 10. The summed E-state index contributed by atoms with van der Waals surface area (Å²) in [5, 5.41) is 4.88. The quantitative estimate of drug-likeness (QED) is 0.342. The number of amides is 4. The lowest BCUT2D eigenvalue weighted by atomic mass is 10.2. The molecular formula is C29H27N3O7S. The van der Waals surface area contributed by atoms with E-state index < -0.39 is 23.6 Å². The van der Waals surface area contributed by atoms with Crippen molar-refractivity contribution in [2.75, 3.05) is 38.0 Å². The number of nitrogens with zero attached hydrogens (tertiary/aromatic N) is 1. The van der Waals surface area contributed by atoms with Crippen molar-refractivity contribution >= 4 is 52.2 Å². The maximum absolute atomic E-state index is 12.9. The summed E-state index contributed by atoms with van der Waals surface area (Å²) >= 11 is 0.741. The molecule has 4 amide bonds. The first-order valence-electron chi connectivity index (χ1n) is 12.1. The highest BCUT2D eigenvalue weighted by molar-refractivity contribution is 8.18. The minimum atomic E-state index is -0.577. The fraction of sp³-hybridized carbons (Fsp3) is 0.172. The summed E-state index contributed by atoms with van der Waals surface area (Å²) in [4.78, 5) is 51.2. The Kier molecular flexibility index (Phi) is 9.07. The third-order valence-corrected chi connectivity index (χ3v) is 6.60. The third-order valence-electron chi connectivity index (χ3n) is 5.70. The van der Waals surface area contributed by atoms with Crippen LogP contribution in [-0.4, -0.2) is 55.2 Å². The number of aryl methyl sites for hydroxylation is 1. The zero-order valence-corrected chi connectivity index (χ0v) is 22.9. The summed E-state index contributed by atoms with van der Waals surface area (Å²) in [6.07, 6.45) is 1.53. The van der Waals surface area contributed by atoms with E-state index in [1.165, 1.54) is 20.3 Å². The third kappa shape index (κ3) is 7.20. The molecule has 1 saturated heterocycles. The Morgan fingerprint density at radius 3 is 2.33 bits per heavy atom. The van der Waals surface area contributed by atoms with Crippen molar-refractivity contribution in [1.29, 1.82) is 0 Å². The molecule has 3 aromatic carbocycles. The topological polar surface area (TPSA) is 123 Å². The molecule has 2 N–H and O–H groups in total. The van der Waals surface area contributed by atoms with Gasteiger partial charge in [0, 0.05) is 11.4 Å². The Balaban J connectivity index is 1.37. The van der Waals surface area contributed by atoms with Crippen LogP contribution in [0.4, 0.5) is 16.2 Å². The van der Waals surface area contributed by atoms with E-state index in [0.717, 1.165) is 22.2 Å². The predicted molar refractivity (Wildman–Crippen MR) is 153 cm³/mol. The number of ether oxygens (including phenoxy) is 3. The number of hydrogen-bond donors (Lipinski definition) is 2. The zero-order valence-electron chi connectivity index (χ0n) is 22.1. The molecule has 1 aliphatic rings. The molecule has 0 bridgehead atoms. The van der Waals surface area contributed by atoms with Gasteiger partial charge in [0.05, 0.1) is 19.1 Å². The fourth-order valence-corrected chi connectivity index (χ4v) is 4.60. The Hall–Kier alpha value is -4.77. The Morgan fingerprint density at radius 1 is 0.875 bits per heavy atom. The molecule has 11 heteroatoms. The van der Waals surface area contributed by atoms with Gasteiger partial charge in [-0.25, -0.2) is 0 Å². The molecule has 0 spiro atoms. The number of nitrogens with one attached hydrogen (secondary N) is 2. The van der Waals surface area contributed by atoms with E-state index in [0.29, 0.717) is 34.2 Å². The minimum absolute atomic E-state index is 0.163. The summed E-state index contributed by atoms with van der Waals surface area (Å²) in [6.45, 7) is 1.27. The summed E-state index contributed by atoms with van der Waals surface area (Å²) in [5.41, 5.74) is 2.77.